The fraction of sp³-hybridized carbons (Fsp3) is 0.231. The summed E-state index contributed by atoms with van der Waals surface area (Å²) in [5.74, 6) is -3.40. The Bertz CT molecular complexity index is 652. The minimum Gasteiger partial charge on any atom is -0.378 e. The maximum atomic E-state index is 12.4. The van der Waals surface area contributed by atoms with Gasteiger partial charge in [0.05, 0.1) is 4.90 Å². The van der Waals surface area contributed by atoms with Crippen molar-refractivity contribution in [2.24, 2.45) is 0 Å². The average Bonchev–Trinajstić information content (AvgIpc) is 2.93. The maximum absolute atomic E-state index is 12.4. The fourth-order valence-electron chi connectivity index (χ4n) is 1.70. The molecule has 0 radical (unpaired) electrons. The quantitative estimate of drug-likeness (QED) is 0.909. The highest BCUT2D eigenvalue weighted by Crippen LogP contribution is 2.24. The van der Waals surface area contributed by atoms with Crippen LogP contribution in [0.4, 0.5) is 14.5 Å². The number of thiophene rings is 1. The van der Waals surface area contributed by atoms with E-state index >= 15 is 0 Å². The van der Waals surface area contributed by atoms with Crippen LogP contribution in [0.1, 0.15) is 18.5 Å². The van der Waals surface area contributed by atoms with Crippen molar-refractivity contribution < 1.29 is 17.2 Å². The molecule has 0 amide bonds. The summed E-state index contributed by atoms with van der Waals surface area (Å²) < 4.78 is 47.4. The second-order valence-corrected chi connectivity index (χ2v) is 6.95. The summed E-state index contributed by atoms with van der Waals surface area (Å²) in [6.45, 7) is 1.96. The van der Waals surface area contributed by atoms with Gasteiger partial charge in [-0.15, -0.1) is 0 Å². The van der Waals surface area contributed by atoms with Crippen LogP contribution in [-0.4, -0.2) is 14.2 Å². The smallest absolute Gasteiger partial charge is 0.341 e. The average molecular weight is 317 g/mol. The first-order valence-corrected chi connectivity index (χ1v) is 8.31. The number of alkyl halides is 2. The van der Waals surface area contributed by atoms with Crippen LogP contribution in [0.5, 0.6) is 0 Å². The molecular weight excluding hydrogens is 304 g/mol. The summed E-state index contributed by atoms with van der Waals surface area (Å²) in [6.07, 6.45) is 0. The van der Waals surface area contributed by atoms with E-state index in [1.807, 2.05) is 23.8 Å². The van der Waals surface area contributed by atoms with Crippen molar-refractivity contribution in [1.82, 2.24) is 0 Å². The van der Waals surface area contributed by atoms with Crippen molar-refractivity contribution in [3.05, 3.63) is 46.7 Å². The van der Waals surface area contributed by atoms with E-state index in [4.69, 9.17) is 0 Å². The van der Waals surface area contributed by atoms with Gasteiger partial charge in [0.25, 0.3) is 0 Å². The Morgan fingerprint density at radius 3 is 2.30 bits per heavy atom. The minimum absolute atomic E-state index is 0.0544. The van der Waals surface area contributed by atoms with Gasteiger partial charge in [-0.05, 0) is 53.6 Å². The second kappa shape index (κ2) is 5.88. The molecule has 0 aliphatic rings. The molecule has 0 fully saturated rings. The molecule has 0 spiro atoms. The topological polar surface area (TPSA) is 46.2 Å². The lowest BCUT2D eigenvalue weighted by Crippen LogP contribution is -2.11. The molecule has 7 heteroatoms. The van der Waals surface area contributed by atoms with E-state index in [0.29, 0.717) is 5.69 Å². The standard InChI is InChI=1S/C13H13F2NO2S2/c1-9(10-6-7-19-8-10)16-11-2-4-12(5-3-11)20(17,18)13(14)15/h2-9,13,16H,1H3. The Kier molecular flexibility index (Phi) is 4.39. The lowest BCUT2D eigenvalue weighted by atomic mass is 10.2. The van der Waals surface area contributed by atoms with Crippen LogP contribution in [0.25, 0.3) is 0 Å². The van der Waals surface area contributed by atoms with E-state index in [0.717, 1.165) is 5.56 Å². The van der Waals surface area contributed by atoms with Crippen LogP contribution < -0.4 is 5.32 Å². The van der Waals surface area contributed by atoms with Gasteiger partial charge in [-0.3, -0.25) is 0 Å². The molecule has 0 saturated heterocycles. The van der Waals surface area contributed by atoms with Gasteiger partial charge in [0, 0.05) is 11.7 Å². The van der Waals surface area contributed by atoms with Gasteiger partial charge in [0.2, 0.25) is 9.84 Å². The summed E-state index contributed by atoms with van der Waals surface area (Å²) >= 11 is 1.58. The zero-order chi connectivity index (χ0) is 14.8. The van der Waals surface area contributed by atoms with Crippen LogP contribution in [0.15, 0.2) is 46.0 Å². The van der Waals surface area contributed by atoms with E-state index < -0.39 is 15.6 Å². The number of benzene rings is 1. The molecule has 1 aromatic heterocycles. The molecule has 20 heavy (non-hydrogen) atoms. The van der Waals surface area contributed by atoms with Gasteiger partial charge in [-0.2, -0.15) is 20.1 Å². The number of anilines is 1. The monoisotopic (exact) mass is 317 g/mol. The molecule has 1 atom stereocenters. The maximum Gasteiger partial charge on any atom is 0.341 e. The predicted molar refractivity (Wildman–Crippen MR) is 76.0 cm³/mol. The molecule has 3 nitrogen and oxygen atoms in total. The summed E-state index contributed by atoms with van der Waals surface area (Å²) in [7, 11) is -4.52. The second-order valence-electron chi connectivity index (χ2n) is 4.25. The third-order valence-electron chi connectivity index (χ3n) is 2.84. The van der Waals surface area contributed by atoms with Crippen LogP contribution in [0, 0.1) is 0 Å². The largest absolute Gasteiger partial charge is 0.378 e. The molecule has 0 aliphatic heterocycles. The van der Waals surface area contributed by atoms with E-state index in [-0.39, 0.29) is 10.9 Å². The van der Waals surface area contributed by atoms with Crippen molar-refractivity contribution in [3.8, 4) is 0 Å². The Hall–Kier alpha value is -1.47. The summed E-state index contributed by atoms with van der Waals surface area (Å²) in [5.41, 5.74) is 1.79. The molecule has 0 saturated carbocycles. The van der Waals surface area contributed by atoms with Crippen molar-refractivity contribution in [2.75, 3.05) is 5.32 Å². The number of hydrogen-bond donors (Lipinski definition) is 1. The first kappa shape index (κ1) is 14.9. The van der Waals surface area contributed by atoms with Gasteiger partial charge in [-0.25, -0.2) is 8.42 Å². The van der Waals surface area contributed by atoms with Gasteiger partial charge in [0.15, 0.2) is 0 Å². The molecule has 0 bridgehead atoms. The molecule has 2 aromatic rings. The zero-order valence-electron chi connectivity index (χ0n) is 10.6. The molecule has 1 heterocycles. The van der Waals surface area contributed by atoms with Crippen molar-refractivity contribution >= 4 is 26.9 Å². The molecular formula is C13H13F2NO2S2. The van der Waals surface area contributed by atoms with Gasteiger partial charge in [0.1, 0.15) is 0 Å². The summed E-state index contributed by atoms with van der Waals surface area (Å²) in [4.78, 5) is -0.374. The van der Waals surface area contributed by atoms with Gasteiger partial charge in [-0.1, -0.05) is 0 Å². The number of hydrogen-bond acceptors (Lipinski definition) is 4. The lowest BCUT2D eigenvalue weighted by Gasteiger charge is -2.14. The highest BCUT2D eigenvalue weighted by Gasteiger charge is 2.26. The number of nitrogens with one attached hydrogen (secondary N) is 1. The third-order valence-corrected chi connectivity index (χ3v) is 4.94. The normalized spacial score (nSPS) is 13.4. The van der Waals surface area contributed by atoms with E-state index in [9.17, 15) is 17.2 Å². The van der Waals surface area contributed by atoms with E-state index in [1.165, 1.54) is 24.3 Å². The fourth-order valence-corrected chi connectivity index (χ4v) is 3.17. The predicted octanol–water partition coefficient (Wildman–Crippen LogP) is 3.92. The van der Waals surface area contributed by atoms with Crippen molar-refractivity contribution in [3.63, 3.8) is 0 Å². The van der Waals surface area contributed by atoms with Crippen LogP contribution in [0.3, 0.4) is 0 Å². The lowest BCUT2D eigenvalue weighted by molar-refractivity contribution is 0.234. The van der Waals surface area contributed by atoms with Crippen LogP contribution in [0.2, 0.25) is 0 Å². The van der Waals surface area contributed by atoms with E-state index in [2.05, 4.69) is 5.32 Å². The highest BCUT2D eigenvalue weighted by atomic mass is 32.2. The first-order valence-electron chi connectivity index (χ1n) is 5.82. The molecule has 2 rings (SSSR count). The highest BCUT2D eigenvalue weighted by molar-refractivity contribution is 7.91. The zero-order valence-corrected chi connectivity index (χ0v) is 12.2. The van der Waals surface area contributed by atoms with Crippen LogP contribution >= 0.6 is 11.3 Å². The Labute approximate surface area is 120 Å². The SMILES string of the molecule is CC(Nc1ccc(S(=O)(=O)C(F)F)cc1)c1ccsc1. The van der Waals surface area contributed by atoms with Crippen molar-refractivity contribution in [2.45, 2.75) is 23.6 Å². The van der Waals surface area contributed by atoms with E-state index in [1.54, 1.807) is 11.3 Å². The van der Waals surface area contributed by atoms with Gasteiger partial charge < -0.3 is 5.32 Å². The summed E-state index contributed by atoms with van der Waals surface area (Å²) in [6, 6.07) is 7.38. The molecule has 0 aliphatic carbocycles. The Morgan fingerprint density at radius 2 is 1.80 bits per heavy atom. The molecule has 1 N–H and O–H groups in total. The number of rotatable bonds is 5. The minimum atomic E-state index is -4.52. The van der Waals surface area contributed by atoms with Gasteiger partial charge >= 0.3 is 5.76 Å². The number of sulfone groups is 1. The third kappa shape index (κ3) is 3.16. The first-order chi connectivity index (χ1) is 9.41. The Morgan fingerprint density at radius 1 is 1.15 bits per heavy atom. The molecule has 1 unspecified atom stereocenters. The molecule has 1 aromatic carbocycles. The summed E-state index contributed by atoms with van der Waals surface area (Å²) in [5, 5.41) is 7.15. The van der Waals surface area contributed by atoms with Crippen molar-refractivity contribution in [1.29, 1.82) is 0 Å². The number of halogens is 2. The van der Waals surface area contributed by atoms with Crippen LogP contribution in [-0.2, 0) is 9.84 Å². The Balaban J connectivity index is 2.13. The molecule has 108 valence electrons.